The Morgan fingerprint density at radius 3 is 2.61 bits per heavy atom. The number of hydrogen-bond acceptors (Lipinski definition) is 2. The molecule has 0 radical (unpaired) electrons. The van der Waals surface area contributed by atoms with Crippen LogP contribution in [0.2, 0.25) is 0 Å². The van der Waals surface area contributed by atoms with Crippen LogP contribution in [0, 0.1) is 11.8 Å². The molecule has 0 aliphatic rings. The van der Waals surface area contributed by atoms with Gasteiger partial charge >= 0.3 is 5.97 Å². The summed E-state index contributed by atoms with van der Waals surface area (Å²) in [5, 5.41) is 12.4. The van der Waals surface area contributed by atoms with Crippen LogP contribution in [0.15, 0.2) is 18.5 Å². The number of aromatic amines is 1. The topological polar surface area (TPSA) is 65.1 Å². The minimum Gasteiger partial charge on any atom is -0.481 e. The second-order valence-corrected chi connectivity index (χ2v) is 5.80. The van der Waals surface area contributed by atoms with E-state index in [-0.39, 0.29) is 17.3 Å². The van der Waals surface area contributed by atoms with E-state index >= 15 is 0 Å². The van der Waals surface area contributed by atoms with Crippen LogP contribution < -0.4 is 5.32 Å². The molecule has 4 heteroatoms. The van der Waals surface area contributed by atoms with Gasteiger partial charge in [-0.25, -0.2) is 0 Å². The molecule has 1 aromatic rings. The van der Waals surface area contributed by atoms with Crippen molar-refractivity contribution in [2.45, 2.75) is 33.1 Å². The molecule has 0 amide bonds. The van der Waals surface area contributed by atoms with Gasteiger partial charge in [0.25, 0.3) is 0 Å². The summed E-state index contributed by atoms with van der Waals surface area (Å²) in [5.41, 5.74) is 1.23. The quantitative estimate of drug-likeness (QED) is 0.697. The Bertz CT molecular complexity index is 369. The molecule has 102 valence electrons. The van der Waals surface area contributed by atoms with Crippen molar-refractivity contribution in [2.75, 3.05) is 13.1 Å². The SMILES string of the molecule is CC(C)C(CNCC(C)(C)c1cc[nH]c1)C(=O)O. The first-order valence-corrected chi connectivity index (χ1v) is 6.41. The lowest BCUT2D eigenvalue weighted by Gasteiger charge is -2.26. The fourth-order valence-corrected chi connectivity index (χ4v) is 2.00. The zero-order valence-electron chi connectivity index (χ0n) is 11.7. The zero-order chi connectivity index (χ0) is 13.8. The highest BCUT2D eigenvalue weighted by Crippen LogP contribution is 2.21. The number of carboxylic acids is 1. The minimum absolute atomic E-state index is 0.0000326. The lowest BCUT2D eigenvalue weighted by atomic mass is 9.86. The van der Waals surface area contributed by atoms with E-state index in [4.69, 9.17) is 5.11 Å². The second kappa shape index (κ2) is 6.05. The molecule has 1 atom stereocenters. The van der Waals surface area contributed by atoms with Crippen molar-refractivity contribution in [3.63, 3.8) is 0 Å². The minimum atomic E-state index is -0.725. The first-order valence-electron chi connectivity index (χ1n) is 6.41. The van der Waals surface area contributed by atoms with Crippen LogP contribution in [0.4, 0.5) is 0 Å². The van der Waals surface area contributed by atoms with Crippen molar-refractivity contribution in [1.82, 2.24) is 10.3 Å². The Balaban J connectivity index is 2.48. The standard InChI is InChI=1S/C14H24N2O2/c1-10(2)12(13(17)18)8-16-9-14(3,4)11-5-6-15-7-11/h5-7,10,12,15-16H,8-9H2,1-4H3,(H,17,18). The Labute approximate surface area is 109 Å². The Morgan fingerprint density at radius 2 is 2.17 bits per heavy atom. The summed E-state index contributed by atoms with van der Waals surface area (Å²) in [6.45, 7) is 9.46. The summed E-state index contributed by atoms with van der Waals surface area (Å²) >= 11 is 0. The first-order chi connectivity index (χ1) is 8.34. The highest BCUT2D eigenvalue weighted by atomic mass is 16.4. The van der Waals surface area contributed by atoms with Gasteiger partial charge in [0, 0.05) is 30.9 Å². The Kier molecular flexibility index (Phi) is 4.96. The third kappa shape index (κ3) is 3.88. The molecule has 4 nitrogen and oxygen atoms in total. The van der Waals surface area contributed by atoms with E-state index in [1.807, 2.05) is 26.2 Å². The number of nitrogens with one attached hydrogen (secondary N) is 2. The van der Waals surface area contributed by atoms with Gasteiger partial charge in [0.15, 0.2) is 0 Å². The molecule has 0 fully saturated rings. The molecular formula is C14H24N2O2. The Hall–Kier alpha value is -1.29. The molecule has 3 N–H and O–H groups in total. The molecule has 18 heavy (non-hydrogen) atoms. The molecule has 0 bridgehead atoms. The number of carboxylic acid groups (broad SMARTS) is 1. The third-order valence-corrected chi connectivity index (χ3v) is 3.43. The van der Waals surface area contributed by atoms with Crippen LogP contribution in [0.25, 0.3) is 0 Å². The van der Waals surface area contributed by atoms with Crippen molar-refractivity contribution < 1.29 is 9.90 Å². The van der Waals surface area contributed by atoms with E-state index in [9.17, 15) is 4.79 Å². The fourth-order valence-electron chi connectivity index (χ4n) is 2.00. The molecule has 0 aliphatic carbocycles. The number of carbonyl (C=O) groups is 1. The summed E-state index contributed by atoms with van der Waals surface area (Å²) < 4.78 is 0. The summed E-state index contributed by atoms with van der Waals surface area (Å²) in [6, 6.07) is 2.05. The van der Waals surface area contributed by atoms with Gasteiger partial charge < -0.3 is 15.4 Å². The van der Waals surface area contributed by atoms with Crippen LogP contribution in [0.1, 0.15) is 33.3 Å². The molecule has 1 heterocycles. The number of aliphatic carboxylic acids is 1. The van der Waals surface area contributed by atoms with E-state index in [0.29, 0.717) is 6.54 Å². The lowest BCUT2D eigenvalue weighted by Crippen LogP contribution is -2.38. The monoisotopic (exact) mass is 252 g/mol. The predicted octanol–water partition coefficient (Wildman–Crippen LogP) is 2.24. The summed E-state index contributed by atoms with van der Waals surface area (Å²) in [7, 11) is 0. The maximum absolute atomic E-state index is 11.1. The van der Waals surface area contributed by atoms with Gasteiger partial charge in [-0.3, -0.25) is 4.79 Å². The van der Waals surface area contributed by atoms with Gasteiger partial charge in [-0.1, -0.05) is 27.7 Å². The van der Waals surface area contributed by atoms with Crippen LogP contribution in [0.5, 0.6) is 0 Å². The average molecular weight is 252 g/mol. The molecule has 0 saturated heterocycles. The molecule has 1 unspecified atom stereocenters. The number of H-pyrrole nitrogens is 1. The van der Waals surface area contributed by atoms with Gasteiger partial charge in [0.2, 0.25) is 0 Å². The lowest BCUT2D eigenvalue weighted by molar-refractivity contribution is -0.143. The normalized spacial score (nSPS) is 13.8. The molecule has 0 saturated carbocycles. The first kappa shape index (κ1) is 14.8. The third-order valence-electron chi connectivity index (χ3n) is 3.43. The van der Waals surface area contributed by atoms with Crippen molar-refractivity contribution >= 4 is 5.97 Å². The van der Waals surface area contributed by atoms with Gasteiger partial charge in [-0.15, -0.1) is 0 Å². The second-order valence-electron chi connectivity index (χ2n) is 5.80. The van der Waals surface area contributed by atoms with Crippen LogP contribution in [-0.2, 0) is 10.2 Å². The van der Waals surface area contributed by atoms with Gasteiger partial charge in [-0.05, 0) is 17.5 Å². The van der Waals surface area contributed by atoms with Crippen molar-refractivity contribution in [1.29, 1.82) is 0 Å². The van der Waals surface area contributed by atoms with E-state index in [1.54, 1.807) is 0 Å². The van der Waals surface area contributed by atoms with Gasteiger partial charge in [0.1, 0.15) is 0 Å². The highest BCUT2D eigenvalue weighted by Gasteiger charge is 2.24. The maximum atomic E-state index is 11.1. The largest absolute Gasteiger partial charge is 0.481 e. The molecule has 1 rings (SSSR count). The highest BCUT2D eigenvalue weighted by molar-refractivity contribution is 5.70. The van der Waals surface area contributed by atoms with E-state index in [1.165, 1.54) is 5.56 Å². The van der Waals surface area contributed by atoms with E-state index in [2.05, 4.69) is 30.2 Å². The average Bonchev–Trinajstić information content (AvgIpc) is 2.76. The predicted molar refractivity (Wildman–Crippen MR) is 72.7 cm³/mol. The Morgan fingerprint density at radius 1 is 1.50 bits per heavy atom. The van der Waals surface area contributed by atoms with Gasteiger partial charge in [0.05, 0.1) is 5.92 Å². The summed E-state index contributed by atoms with van der Waals surface area (Å²) in [5.74, 6) is -0.908. The number of hydrogen-bond donors (Lipinski definition) is 3. The van der Waals surface area contributed by atoms with E-state index < -0.39 is 5.97 Å². The van der Waals surface area contributed by atoms with Crippen LogP contribution in [-0.4, -0.2) is 29.1 Å². The summed E-state index contributed by atoms with van der Waals surface area (Å²) in [6.07, 6.45) is 3.89. The van der Waals surface area contributed by atoms with Crippen molar-refractivity contribution in [3.05, 3.63) is 24.0 Å². The van der Waals surface area contributed by atoms with Crippen molar-refractivity contribution in [3.8, 4) is 0 Å². The molecule has 0 aromatic carbocycles. The smallest absolute Gasteiger partial charge is 0.308 e. The van der Waals surface area contributed by atoms with E-state index in [0.717, 1.165) is 6.54 Å². The van der Waals surface area contributed by atoms with Crippen LogP contribution >= 0.6 is 0 Å². The summed E-state index contributed by atoms with van der Waals surface area (Å²) in [4.78, 5) is 14.1. The maximum Gasteiger partial charge on any atom is 0.308 e. The number of aromatic nitrogens is 1. The number of rotatable bonds is 7. The molecule has 0 spiro atoms. The fraction of sp³-hybridized carbons (Fsp3) is 0.643. The molecule has 0 aliphatic heterocycles. The van der Waals surface area contributed by atoms with Crippen molar-refractivity contribution in [2.24, 2.45) is 11.8 Å². The molecular weight excluding hydrogens is 228 g/mol. The molecule has 1 aromatic heterocycles. The zero-order valence-corrected chi connectivity index (χ0v) is 11.7. The van der Waals surface area contributed by atoms with Crippen LogP contribution in [0.3, 0.4) is 0 Å². The van der Waals surface area contributed by atoms with Gasteiger partial charge in [-0.2, -0.15) is 0 Å².